The normalized spacial score (nSPS) is 15.2. The molecule has 0 aromatic carbocycles. The molecule has 9 heavy (non-hydrogen) atoms. The van der Waals surface area contributed by atoms with E-state index in [4.69, 9.17) is 5.73 Å². The zero-order chi connectivity index (χ0) is 7.28. The zero-order valence-electron chi connectivity index (χ0n) is 6.22. The van der Waals surface area contributed by atoms with Crippen LogP contribution >= 0.6 is 0 Å². The summed E-state index contributed by atoms with van der Waals surface area (Å²) in [6.45, 7) is 7.68. The van der Waals surface area contributed by atoms with Gasteiger partial charge in [-0.3, -0.25) is 0 Å². The molecule has 0 heterocycles. The molecule has 0 amide bonds. The summed E-state index contributed by atoms with van der Waals surface area (Å²) in [5, 5.41) is 0. The predicted octanol–water partition coefficient (Wildman–Crippen LogP) is 1.86. The van der Waals surface area contributed by atoms with Gasteiger partial charge in [0.1, 0.15) is 0 Å². The van der Waals surface area contributed by atoms with Crippen molar-refractivity contribution >= 4 is 0 Å². The lowest BCUT2D eigenvalue weighted by molar-refractivity contribution is 0.814. The van der Waals surface area contributed by atoms with E-state index in [1.165, 1.54) is 5.57 Å². The van der Waals surface area contributed by atoms with Gasteiger partial charge in [0.2, 0.25) is 0 Å². The molecule has 2 N–H and O–H groups in total. The van der Waals surface area contributed by atoms with E-state index >= 15 is 0 Å². The smallest absolute Gasteiger partial charge is 0.0227 e. The molecule has 0 rings (SSSR count). The van der Waals surface area contributed by atoms with Crippen molar-refractivity contribution in [2.24, 2.45) is 5.73 Å². The average molecular weight is 125 g/mol. The van der Waals surface area contributed by atoms with Crippen LogP contribution < -0.4 is 5.73 Å². The van der Waals surface area contributed by atoms with Gasteiger partial charge in [-0.1, -0.05) is 31.2 Å². The summed E-state index contributed by atoms with van der Waals surface area (Å²) in [6.07, 6.45) is 4.77. The summed E-state index contributed by atoms with van der Waals surface area (Å²) < 4.78 is 0. The van der Waals surface area contributed by atoms with Crippen molar-refractivity contribution in [3.8, 4) is 0 Å². The third kappa shape index (κ3) is 3.09. The fraction of sp³-hybridized carbons (Fsp3) is 0.500. The number of hydrogen-bond acceptors (Lipinski definition) is 1. The number of nitrogens with two attached hydrogens (primary N) is 1. The topological polar surface area (TPSA) is 26.0 Å². The zero-order valence-corrected chi connectivity index (χ0v) is 6.22. The van der Waals surface area contributed by atoms with Crippen molar-refractivity contribution in [3.63, 3.8) is 0 Å². The number of allylic oxidation sites excluding steroid dienone is 2. The molecule has 0 aliphatic heterocycles. The van der Waals surface area contributed by atoms with Gasteiger partial charge < -0.3 is 5.73 Å². The maximum absolute atomic E-state index is 5.62. The molecule has 0 aliphatic rings. The van der Waals surface area contributed by atoms with Crippen molar-refractivity contribution in [1.82, 2.24) is 0 Å². The molecule has 0 aromatic rings. The van der Waals surface area contributed by atoms with Gasteiger partial charge in [-0.25, -0.2) is 0 Å². The van der Waals surface area contributed by atoms with E-state index in [1.807, 2.05) is 13.0 Å². The lowest BCUT2D eigenvalue weighted by Gasteiger charge is -2.06. The first-order valence-corrected chi connectivity index (χ1v) is 3.29. The van der Waals surface area contributed by atoms with Crippen LogP contribution in [0.1, 0.15) is 20.3 Å². The molecule has 0 aromatic heterocycles. The lowest BCUT2D eigenvalue weighted by atomic mass is 10.1. The largest absolute Gasteiger partial charge is 0.324 e. The molecule has 0 aliphatic carbocycles. The Kier molecular flexibility index (Phi) is 4.06. The van der Waals surface area contributed by atoms with Gasteiger partial charge in [-0.2, -0.15) is 0 Å². The second kappa shape index (κ2) is 4.33. The van der Waals surface area contributed by atoms with Crippen LogP contribution in [0.15, 0.2) is 24.3 Å². The van der Waals surface area contributed by atoms with Gasteiger partial charge in [0.05, 0.1) is 0 Å². The minimum Gasteiger partial charge on any atom is -0.324 e. The summed E-state index contributed by atoms with van der Waals surface area (Å²) in [4.78, 5) is 0. The van der Waals surface area contributed by atoms with E-state index in [9.17, 15) is 0 Å². The highest BCUT2D eigenvalue weighted by Crippen LogP contribution is 2.03. The third-order valence-electron chi connectivity index (χ3n) is 1.33. The highest BCUT2D eigenvalue weighted by molar-refractivity contribution is 5.14. The Balaban J connectivity index is 3.96. The SMILES string of the molecule is C=C/C=C(\CC)C(C)N. The highest BCUT2D eigenvalue weighted by atomic mass is 14.6. The first-order valence-electron chi connectivity index (χ1n) is 3.29. The molecule has 0 saturated carbocycles. The fourth-order valence-electron chi connectivity index (χ4n) is 0.743. The Labute approximate surface area is 57.3 Å². The van der Waals surface area contributed by atoms with Crippen LogP contribution in [-0.2, 0) is 0 Å². The third-order valence-corrected chi connectivity index (χ3v) is 1.33. The Morgan fingerprint density at radius 3 is 2.44 bits per heavy atom. The fourth-order valence-corrected chi connectivity index (χ4v) is 0.743. The van der Waals surface area contributed by atoms with E-state index in [-0.39, 0.29) is 6.04 Å². The molecule has 1 atom stereocenters. The van der Waals surface area contributed by atoms with Gasteiger partial charge in [-0.15, -0.1) is 0 Å². The average Bonchev–Trinajstić information content (AvgIpc) is 1.82. The van der Waals surface area contributed by atoms with Crippen LogP contribution in [0, 0.1) is 0 Å². The van der Waals surface area contributed by atoms with Crippen molar-refractivity contribution in [2.75, 3.05) is 0 Å². The minimum atomic E-state index is 0.174. The second-order valence-corrected chi connectivity index (χ2v) is 2.12. The Morgan fingerprint density at radius 1 is 1.78 bits per heavy atom. The first-order chi connectivity index (χ1) is 4.22. The van der Waals surface area contributed by atoms with Crippen LogP contribution in [0.25, 0.3) is 0 Å². The van der Waals surface area contributed by atoms with Crippen LogP contribution in [0.3, 0.4) is 0 Å². The van der Waals surface area contributed by atoms with E-state index < -0.39 is 0 Å². The lowest BCUT2D eigenvalue weighted by Crippen LogP contribution is -2.17. The van der Waals surface area contributed by atoms with Crippen LogP contribution in [0.4, 0.5) is 0 Å². The first kappa shape index (κ1) is 8.44. The predicted molar refractivity (Wildman–Crippen MR) is 42.2 cm³/mol. The van der Waals surface area contributed by atoms with Gasteiger partial charge in [0.25, 0.3) is 0 Å². The van der Waals surface area contributed by atoms with E-state index in [0.717, 1.165) is 6.42 Å². The minimum absolute atomic E-state index is 0.174. The van der Waals surface area contributed by atoms with E-state index in [1.54, 1.807) is 6.08 Å². The molecule has 0 saturated heterocycles. The highest BCUT2D eigenvalue weighted by Gasteiger charge is 1.96. The molecule has 0 fully saturated rings. The van der Waals surface area contributed by atoms with Gasteiger partial charge in [0.15, 0.2) is 0 Å². The summed E-state index contributed by atoms with van der Waals surface area (Å²) in [5.41, 5.74) is 6.87. The Morgan fingerprint density at radius 2 is 2.33 bits per heavy atom. The van der Waals surface area contributed by atoms with Crippen molar-refractivity contribution in [3.05, 3.63) is 24.3 Å². The molecule has 52 valence electrons. The van der Waals surface area contributed by atoms with Gasteiger partial charge in [0, 0.05) is 6.04 Å². The molecular weight excluding hydrogens is 110 g/mol. The van der Waals surface area contributed by atoms with Gasteiger partial charge >= 0.3 is 0 Å². The van der Waals surface area contributed by atoms with Crippen LogP contribution in [-0.4, -0.2) is 6.04 Å². The molecule has 0 spiro atoms. The van der Waals surface area contributed by atoms with Crippen molar-refractivity contribution in [1.29, 1.82) is 0 Å². The summed E-state index contributed by atoms with van der Waals surface area (Å²) >= 11 is 0. The molecule has 1 nitrogen and oxygen atoms in total. The maximum Gasteiger partial charge on any atom is 0.0227 e. The molecule has 1 unspecified atom stereocenters. The van der Waals surface area contributed by atoms with Gasteiger partial charge in [-0.05, 0) is 13.3 Å². The maximum atomic E-state index is 5.62. The molecular formula is C8H15N. The number of hydrogen-bond donors (Lipinski definition) is 1. The quantitative estimate of drug-likeness (QED) is 0.572. The standard InChI is InChI=1S/C8H15N/c1-4-6-8(5-2)7(3)9/h4,6-7H,1,5,9H2,2-3H3/b8-6+. The van der Waals surface area contributed by atoms with Crippen molar-refractivity contribution in [2.45, 2.75) is 26.3 Å². The molecule has 0 bridgehead atoms. The Bertz CT molecular complexity index is 112. The van der Waals surface area contributed by atoms with E-state index in [2.05, 4.69) is 13.5 Å². The number of rotatable bonds is 3. The molecule has 1 heteroatoms. The molecule has 0 radical (unpaired) electrons. The monoisotopic (exact) mass is 125 g/mol. The van der Waals surface area contributed by atoms with Crippen LogP contribution in [0.5, 0.6) is 0 Å². The summed E-state index contributed by atoms with van der Waals surface area (Å²) in [5.74, 6) is 0. The second-order valence-electron chi connectivity index (χ2n) is 2.12. The summed E-state index contributed by atoms with van der Waals surface area (Å²) in [6, 6.07) is 0.174. The van der Waals surface area contributed by atoms with Crippen LogP contribution in [0.2, 0.25) is 0 Å². The Hall–Kier alpha value is -0.560. The van der Waals surface area contributed by atoms with Crippen molar-refractivity contribution < 1.29 is 0 Å². The summed E-state index contributed by atoms with van der Waals surface area (Å²) in [7, 11) is 0. The van der Waals surface area contributed by atoms with E-state index in [0.29, 0.717) is 0 Å².